The summed E-state index contributed by atoms with van der Waals surface area (Å²) in [4.78, 5) is 22.5. The molecule has 0 aromatic carbocycles. The molecule has 3 atom stereocenters. The standard InChI is InChI=1S/C9H15FN2O3.ClH/c1-5(9(14)15-2)12-8(13)7-3-6(10)4-11-7;/h5-7,11H,3-4H2,1-2H3,(H,12,13);1H/t5-,6-,7+;/m0./s1. The maximum atomic E-state index is 12.8. The number of nitrogens with one attached hydrogen (secondary N) is 2. The maximum Gasteiger partial charge on any atom is 0.328 e. The minimum absolute atomic E-state index is 0. The van der Waals surface area contributed by atoms with Crippen molar-refractivity contribution in [3.8, 4) is 0 Å². The summed E-state index contributed by atoms with van der Waals surface area (Å²) in [6, 6.07) is -1.25. The monoisotopic (exact) mass is 254 g/mol. The lowest BCUT2D eigenvalue weighted by atomic mass is 10.2. The highest BCUT2D eigenvalue weighted by molar-refractivity contribution is 5.87. The van der Waals surface area contributed by atoms with Crippen molar-refractivity contribution in [1.82, 2.24) is 10.6 Å². The van der Waals surface area contributed by atoms with E-state index in [1.807, 2.05) is 0 Å². The summed E-state index contributed by atoms with van der Waals surface area (Å²) in [5.41, 5.74) is 0. The molecular weight excluding hydrogens is 239 g/mol. The van der Waals surface area contributed by atoms with E-state index in [0.29, 0.717) is 0 Å². The van der Waals surface area contributed by atoms with Gasteiger partial charge in [-0.2, -0.15) is 0 Å². The predicted molar refractivity (Wildman–Crippen MR) is 58.2 cm³/mol. The van der Waals surface area contributed by atoms with E-state index >= 15 is 0 Å². The van der Waals surface area contributed by atoms with Crippen LogP contribution < -0.4 is 10.6 Å². The first kappa shape index (κ1) is 15.1. The normalized spacial score (nSPS) is 25.4. The molecule has 1 heterocycles. The number of hydrogen-bond donors (Lipinski definition) is 2. The predicted octanol–water partition coefficient (Wildman–Crippen LogP) is -0.214. The minimum Gasteiger partial charge on any atom is -0.467 e. The van der Waals surface area contributed by atoms with Crippen LogP contribution in [0.4, 0.5) is 4.39 Å². The number of methoxy groups -OCH3 is 1. The molecule has 7 heteroatoms. The Bertz CT molecular complexity index is 265. The first-order valence-electron chi connectivity index (χ1n) is 4.80. The maximum absolute atomic E-state index is 12.8. The fraction of sp³-hybridized carbons (Fsp3) is 0.778. The highest BCUT2D eigenvalue weighted by atomic mass is 35.5. The number of amides is 1. The van der Waals surface area contributed by atoms with Gasteiger partial charge in [0.05, 0.1) is 13.2 Å². The number of rotatable bonds is 3. The molecule has 1 aliphatic rings. The van der Waals surface area contributed by atoms with Crippen LogP contribution in [-0.4, -0.2) is 43.8 Å². The molecular formula is C9H16ClFN2O3. The molecule has 1 amide bonds. The van der Waals surface area contributed by atoms with Crippen LogP contribution in [0.5, 0.6) is 0 Å². The second-order valence-corrected chi connectivity index (χ2v) is 3.55. The molecule has 1 saturated heterocycles. The van der Waals surface area contributed by atoms with Gasteiger partial charge in [-0.05, 0) is 6.92 Å². The SMILES string of the molecule is COC(=O)[C@H](C)NC(=O)[C@H]1C[C@H](F)CN1.Cl. The summed E-state index contributed by atoms with van der Waals surface area (Å²) >= 11 is 0. The number of alkyl halides is 1. The lowest BCUT2D eigenvalue weighted by Gasteiger charge is -2.15. The van der Waals surface area contributed by atoms with Crippen molar-refractivity contribution in [3.63, 3.8) is 0 Å². The van der Waals surface area contributed by atoms with Gasteiger partial charge in [0.1, 0.15) is 12.2 Å². The largest absolute Gasteiger partial charge is 0.467 e. The fourth-order valence-corrected chi connectivity index (χ4v) is 1.44. The van der Waals surface area contributed by atoms with Crippen LogP contribution in [0.1, 0.15) is 13.3 Å². The Labute approximate surface area is 99.5 Å². The Balaban J connectivity index is 0.00000225. The van der Waals surface area contributed by atoms with E-state index in [2.05, 4.69) is 15.4 Å². The Morgan fingerprint density at radius 2 is 2.19 bits per heavy atom. The van der Waals surface area contributed by atoms with Gasteiger partial charge < -0.3 is 15.4 Å². The fourth-order valence-electron chi connectivity index (χ4n) is 1.44. The van der Waals surface area contributed by atoms with Gasteiger partial charge >= 0.3 is 5.97 Å². The topological polar surface area (TPSA) is 67.4 Å². The Morgan fingerprint density at radius 3 is 2.62 bits per heavy atom. The number of ether oxygens (including phenoxy) is 1. The van der Waals surface area contributed by atoms with Gasteiger partial charge in [-0.25, -0.2) is 9.18 Å². The molecule has 0 aliphatic carbocycles. The van der Waals surface area contributed by atoms with Gasteiger partial charge in [-0.1, -0.05) is 0 Å². The first-order valence-corrected chi connectivity index (χ1v) is 4.80. The number of hydrogen-bond acceptors (Lipinski definition) is 4. The Morgan fingerprint density at radius 1 is 1.56 bits per heavy atom. The molecule has 1 fully saturated rings. The molecule has 0 aromatic heterocycles. The highest BCUT2D eigenvalue weighted by Crippen LogP contribution is 2.09. The lowest BCUT2D eigenvalue weighted by Crippen LogP contribution is -2.47. The number of halogens is 2. The number of esters is 1. The third-order valence-corrected chi connectivity index (χ3v) is 2.31. The highest BCUT2D eigenvalue weighted by Gasteiger charge is 2.30. The van der Waals surface area contributed by atoms with Crippen molar-refractivity contribution in [2.75, 3.05) is 13.7 Å². The molecule has 1 aliphatic heterocycles. The molecule has 1 rings (SSSR count). The van der Waals surface area contributed by atoms with E-state index < -0.39 is 24.2 Å². The second-order valence-electron chi connectivity index (χ2n) is 3.55. The van der Waals surface area contributed by atoms with Gasteiger partial charge in [0, 0.05) is 13.0 Å². The van der Waals surface area contributed by atoms with Crippen molar-refractivity contribution in [2.24, 2.45) is 0 Å². The van der Waals surface area contributed by atoms with E-state index in [1.165, 1.54) is 14.0 Å². The summed E-state index contributed by atoms with van der Waals surface area (Å²) < 4.78 is 17.2. The molecule has 0 aromatic rings. The molecule has 0 radical (unpaired) electrons. The van der Waals surface area contributed by atoms with Crippen molar-refractivity contribution in [2.45, 2.75) is 31.6 Å². The Kier molecular flexibility index (Phi) is 6.28. The second kappa shape index (κ2) is 6.65. The number of carbonyl (C=O) groups is 2. The molecule has 94 valence electrons. The van der Waals surface area contributed by atoms with E-state index in [1.54, 1.807) is 0 Å². The summed E-state index contributed by atoms with van der Waals surface area (Å²) in [5.74, 6) is -0.883. The van der Waals surface area contributed by atoms with E-state index in [-0.39, 0.29) is 31.3 Å². The summed E-state index contributed by atoms with van der Waals surface area (Å²) in [6.45, 7) is 1.70. The third-order valence-electron chi connectivity index (χ3n) is 2.31. The van der Waals surface area contributed by atoms with Crippen molar-refractivity contribution in [1.29, 1.82) is 0 Å². The van der Waals surface area contributed by atoms with Gasteiger partial charge in [-0.3, -0.25) is 4.79 Å². The van der Waals surface area contributed by atoms with Crippen LogP contribution in [0.2, 0.25) is 0 Å². The molecule has 2 N–H and O–H groups in total. The van der Waals surface area contributed by atoms with Crippen LogP contribution in [0.3, 0.4) is 0 Å². The Hall–Kier alpha value is -0.880. The zero-order valence-electron chi connectivity index (χ0n) is 9.16. The lowest BCUT2D eigenvalue weighted by molar-refractivity contribution is -0.144. The molecule has 5 nitrogen and oxygen atoms in total. The van der Waals surface area contributed by atoms with Gasteiger partial charge in [-0.15, -0.1) is 12.4 Å². The zero-order valence-corrected chi connectivity index (χ0v) is 9.97. The minimum atomic E-state index is -0.991. The van der Waals surface area contributed by atoms with E-state index in [9.17, 15) is 14.0 Å². The average Bonchev–Trinajstić information content (AvgIpc) is 2.63. The van der Waals surface area contributed by atoms with Gasteiger partial charge in [0.25, 0.3) is 0 Å². The summed E-state index contributed by atoms with van der Waals surface area (Å²) in [6.07, 6.45) is -0.839. The zero-order chi connectivity index (χ0) is 11.4. The quantitative estimate of drug-likeness (QED) is 0.684. The summed E-state index contributed by atoms with van der Waals surface area (Å²) in [7, 11) is 1.25. The smallest absolute Gasteiger partial charge is 0.328 e. The molecule has 16 heavy (non-hydrogen) atoms. The molecule has 0 spiro atoms. The number of carbonyl (C=O) groups excluding carboxylic acids is 2. The van der Waals surface area contributed by atoms with E-state index in [4.69, 9.17) is 0 Å². The van der Waals surface area contributed by atoms with Crippen LogP contribution >= 0.6 is 12.4 Å². The van der Waals surface area contributed by atoms with Gasteiger partial charge in [0.2, 0.25) is 5.91 Å². The summed E-state index contributed by atoms with van der Waals surface area (Å²) in [5, 5.41) is 5.18. The van der Waals surface area contributed by atoms with Gasteiger partial charge in [0.15, 0.2) is 0 Å². The molecule has 0 unspecified atom stereocenters. The van der Waals surface area contributed by atoms with E-state index in [0.717, 1.165) is 0 Å². The third kappa shape index (κ3) is 3.94. The van der Waals surface area contributed by atoms with Crippen LogP contribution in [0.25, 0.3) is 0 Å². The van der Waals surface area contributed by atoms with Crippen molar-refractivity contribution < 1.29 is 18.7 Å². The average molecular weight is 255 g/mol. The van der Waals surface area contributed by atoms with Crippen LogP contribution in [0, 0.1) is 0 Å². The van der Waals surface area contributed by atoms with Crippen molar-refractivity contribution >= 4 is 24.3 Å². The van der Waals surface area contributed by atoms with Crippen LogP contribution in [-0.2, 0) is 14.3 Å². The molecule has 0 bridgehead atoms. The first-order chi connectivity index (χ1) is 7.04. The van der Waals surface area contributed by atoms with Crippen molar-refractivity contribution in [3.05, 3.63) is 0 Å². The molecule has 0 saturated carbocycles. The van der Waals surface area contributed by atoms with Crippen LogP contribution in [0.15, 0.2) is 0 Å².